The largest absolute Gasteiger partial charge is 0.464 e. The van der Waals surface area contributed by atoms with Gasteiger partial charge in [-0.2, -0.15) is 11.8 Å². The van der Waals surface area contributed by atoms with Crippen LogP contribution < -0.4 is 10.6 Å². The molecule has 0 aliphatic heterocycles. The molecule has 0 radical (unpaired) electrons. The van der Waals surface area contributed by atoms with Gasteiger partial charge < -0.3 is 30.0 Å². The summed E-state index contributed by atoms with van der Waals surface area (Å²) in [6.07, 6.45) is 1.25. The number of nitrogens with one attached hydrogen (secondary N) is 2. The highest BCUT2D eigenvalue weighted by Crippen LogP contribution is 2.63. The van der Waals surface area contributed by atoms with E-state index in [0.29, 0.717) is 5.75 Å². The van der Waals surface area contributed by atoms with Crippen molar-refractivity contribution in [3.05, 3.63) is 12.8 Å². The van der Waals surface area contributed by atoms with Gasteiger partial charge in [0, 0.05) is 18.3 Å². The van der Waals surface area contributed by atoms with Crippen LogP contribution in [-0.2, 0) is 28.6 Å². The van der Waals surface area contributed by atoms with Crippen LogP contribution in [0.4, 0.5) is 4.79 Å². The van der Waals surface area contributed by atoms with Crippen molar-refractivity contribution in [2.24, 2.45) is 17.8 Å². The van der Waals surface area contributed by atoms with Gasteiger partial charge in [-0.3, -0.25) is 9.59 Å². The Kier molecular flexibility index (Phi) is 8.81. The molecule has 6 atom stereocenters. The third kappa shape index (κ3) is 6.20. The van der Waals surface area contributed by atoms with Crippen molar-refractivity contribution in [1.82, 2.24) is 10.6 Å². The Balaban J connectivity index is 2.28. The van der Waals surface area contributed by atoms with E-state index in [0.717, 1.165) is 6.26 Å². The van der Waals surface area contributed by atoms with E-state index < -0.39 is 65.0 Å². The number of amides is 2. The van der Waals surface area contributed by atoms with Gasteiger partial charge in [0.25, 0.3) is 0 Å². The van der Waals surface area contributed by atoms with Crippen molar-refractivity contribution in [2.45, 2.75) is 63.8 Å². The summed E-state index contributed by atoms with van der Waals surface area (Å²) in [5.74, 6) is -3.45. The molecular formula is C22H34N2O8S. The molecular weight excluding hydrogens is 452 g/mol. The lowest BCUT2D eigenvalue weighted by molar-refractivity contribution is -0.156. The number of ether oxygens (including phenoxy) is 3. The fourth-order valence-electron chi connectivity index (χ4n) is 4.44. The van der Waals surface area contributed by atoms with E-state index in [1.165, 1.54) is 11.8 Å². The van der Waals surface area contributed by atoms with Crippen LogP contribution in [0, 0.1) is 17.8 Å². The van der Waals surface area contributed by atoms with E-state index in [4.69, 9.17) is 14.2 Å². The van der Waals surface area contributed by atoms with Crippen LogP contribution in [0.2, 0.25) is 0 Å². The molecule has 33 heavy (non-hydrogen) atoms. The maximum atomic E-state index is 13.3. The standard InChI is InChI=1S/C22H34N2O8S/c1-7-30-18(27)15-14-13(25)11-22(16(14)15,19(28)31-8-2)24-17(26)12(9-10-33-6)23-20(29)32-21(3,4)5/h7,12-16,25H,1,8-11H2,2-6H3,(H,23,29)(H,24,26)/t12-,13-,14-,15-,16-,22-/m0/s1. The summed E-state index contributed by atoms with van der Waals surface area (Å²) in [5, 5.41) is 15.8. The molecule has 10 nitrogen and oxygen atoms in total. The molecule has 11 heteroatoms. The van der Waals surface area contributed by atoms with Crippen molar-refractivity contribution in [3.63, 3.8) is 0 Å². The van der Waals surface area contributed by atoms with Crippen LogP contribution in [0.1, 0.15) is 40.5 Å². The predicted molar refractivity (Wildman–Crippen MR) is 121 cm³/mol. The molecule has 0 aromatic carbocycles. The van der Waals surface area contributed by atoms with E-state index in [1.54, 1.807) is 27.7 Å². The van der Waals surface area contributed by atoms with Gasteiger partial charge in [0.15, 0.2) is 0 Å². The fraction of sp³-hybridized carbons (Fsp3) is 0.727. The van der Waals surface area contributed by atoms with Gasteiger partial charge in [-0.15, -0.1) is 0 Å². The molecule has 186 valence electrons. The molecule has 0 bridgehead atoms. The van der Waals surface area contributed by atoms with Crippen LogP contribution in [0.25, 0.3) is 0 Å². The molecule has 0 saturated heterocycles. The van der Waals surface area contributed by atoms with Gasteiger partial charge in [0.2, 0.25) is 5.91 Å². The lowest BCUT2D eigenvalue weighted by atomic mass is 9.88. The van der Waals surface area contributed by atoms with Crippen LogP contribution in [0.15, 0.2) is 12.8 Å². The number of alkyl carbamates (subject to hydrolysis) is 1. The molecule has 2 amide bonds. The molecule has 0 spiro atoms. The van der Waals surface area contributed by atoms with Crippen molar-refractivity contribution >= 4 is 35.7 Å². The minimum atomic E-state index is -1.62. The van der Waals surface area contributed by atoms with Crippen molar-refractivity contribution in [3.8, 4) is 0 Å². The van der Waals surface area contributed by atoms with Gasteiger partial charge in [0.1, 0.15) is 17.2 Å². The summed E-state index contributed by atoms with van der Waals surface area (Å²) in [6, 6.07) is -0.993. The number of esters is 2. The highest BCUT2D eigenvalue weighted by molar-refractivity contribution is 7.98. The average Bonchev–Trinajstić information content (AvgIpc) is 3.39. The number of aliphatic hydroxyl groups is 1. The minimum Gasteiger partial charge on any atom is -0.464 e. The first-order valence-electron chi connectivity index (χ1n) is 10.9. The lowest BCUT2D eigenvalue weighted by Crippen LogP contribution is -2.61. The van der Waals surface area contributed by atoms with E-state index in [-0.39, 0.29) is 19.4 Å². The summed E-state index contributed by atoms with van der Waals surface area (Å²) in [6.45, 7) is 10.1. The van der Waals surface area contributed by atoms with E-state index in [1.807, 2.05) is 6.26 Å². The average molecular weight is 487 g/mol. The maximum absolute atomic E-state index is 13.3. The molecule has 2 aliphatic carbocycles. The number of carbonyl (C=O) groups is 4. The Morgan fingerprint density at radius 1 is 1.30 bits per heavy atom. The fourth-order valence-corrected chi connectivity index (χ4v) is 4.91. The lowest BCUT2D eigenvalue weighted by Gasteiger charge is -2.33. The zero-order valence-corrected chi connectivity index (χ0v) is 20.5. The first kappa shape index (κ1) is 27.0. The van der Waals surface area contributed by atoms with Crippen LogP contribution in [0.5, 0.6) is 0 Å². The second kappa shape index (κ2) is 10.8. The number of aliphatic hydroxyl groups excluding tert-OH is 1. The monoisotopic (exact) mass is 486 g/mol. The van der Waals surface area contributed by atoms with Crippen molar-refractivity contribution in [1.29, 1.82) is 0 Å². The van der Waals surface area contributed by atoms with Crippen molar-refractivity contribution < 1.29 is 38.5 Å². The predicted octanol–water partition coefficient (Wildman–Crippen LogP) is 1.36. The van der Waals surface area contributed by atoms with Crippen LogP contribution in [-0.4, -0.2) is 70.9 Å². The second-order valence-electron chi connectivity index (χ2n) is 9.17. The Hall–Kier alpha value is -2.27. The minimum absolute atomic E-state index is 0.0533. The third-order valence-electron chi connectivity index (χ3n) is 5.70. The second-order valence-corrected chi connectivity index (χ2v) is 10.2. The molecule has 0 aromatic heterocycles. The maximum Gasteiger partial charge on any atom is 0.408 e. The van der Waals surface area contributed by atoms with E-state index in [2.05, 4.69) is 17.2 Å². The van der Waals surface area contributed by atoms with Gasteiger partial charge in [-0.25, -0.2) is 9.59 Å². The quantitative estimate of drug-likeness (QED) is 0.237. The number of hydrogen-bond donors (Lipinski definition) is 3. The number of carbonyl (C=O) groups excluding carboxylic acids is 4. The Morgan fingerprint density at radius 3 is 2.52 bits per heavy atom. The Bertz CT molecular complexity index is 783. The van der Waals surface area contributed by atoms with Crippen LogP contribution >= 0.6 is 11.8 Å². The summed E-state index contributed by atoms with van der Waals surface area (Å²) in [4.78, 5) is 50.9. The SMILES string of the molecule is C=COC(=O)[C@H]1[C@H]2[C@@H]1[C@](NC(=O)[C@H](CCSC)NC(=O)OC(C)(C)C)(C(=O)OCC)C[C@@H]2O. The van der Waals surface area contributed by atoms with Crippen molar-refractivity contribution in [2.75, 3.05) is 18.6 Å². The number of thioether (sulfide) groups is 1. The first-order chi connectivity index (χ1) is 15.4. The molecule has 2 aliphatic rings. The number of hydrogen-bond acceptors (Lipinski definition) is 9. The summed E-state index contributed by atoms with van der Waals surface area (Å²) in [5.41, 5.74) is -2.37. The Labute approximate surface area is 198 Å². The van der Waals surface area contributed by atoms with Gasteiger partial charge in [-0.1, -0.05) is 6.58 Å². The zero-order chi connectivity index (χ0) is 25.0. The summed E-state index contributed by atoms with van der Waals surface area (Å²) < 4.78 is 15.3. The normalized spacial score (nSPS) is 28.7. The third-order valence-corrected chi connectivity index (χ3v) is 6.34. The molecule has 3 N–H and O–H groups in total. The molecule has 0 unspecified atom stereocenters. The molecule has 2 rings (SSSR count). The summed E-state index contributed by atoms with van der Waals surface area (Å²) in [7, 11) is 0. The first-order valence-corrected chi connectivity index (χ1v) is 12.3. The van der Waals surface area contributed by atoms with Crippen LogP contribution in [0.3, 0.4) is 0 Å². The van der Waals surface area contributed by atoms with E-state index >= 15 is 0 Å². The molecule has 2 fully saturated rings. The zero-order valence-electron chi connectivity index (χ0n) is 19.7. The Morgan fingerprint density at radius 2 is 1.97 bits per heavy atom. The molecule has 0 heterocycles. The number of fused-ring (bicyclic) bond motifs is 1. The highest BCUT2D eigenvalue weighted by Gasteiger charge is 2.76. The smallest absolute Gasteiger partial charge is 0.408 e. The highest BCUT2D eigenvalue weighted by atomic mass is 32.2. The summed E-state index contributed by atoms with van der Waals surface area (Å²) >= 11 is 1.49. The van der Waals surface area contributed by atoms with Gasteiger partial charge in [-0.05, 0) is 46.1 Å². The van der Waals surface area contributed by atoms with E-state index in [9.17, 15) is 24.3 Å². The van der Waals surface area contributed by atoms with Gasteiger partial charge in [0.05, 0.1) is 24.9 Å². The number of rotatable bonds is 10. The van der Waals surface area contributed by atoms with Gasteiger partial charge >= 0.3 is 18.0 Å². The topological polar surface area (TPSA) is 140 Å². The molecule has 0 aromatic rings. The molecule has 2 saturated carbocycles.